The summed E-state index contributed by atoms with van der Waals surface area (Å²) in [6.07, 6.45) is -4.60. The minimum atomic E-state index is -4.60. The van der Waals surface area contributed by atoms with Gasteiger partial charge in [0.15, 0.2) is 5.82 Å². The molecule has 9 heteroatoms. The molecule has 0 amide bonds. The fourth-order valence-electron chi connectivity index (χ4n) is 3.10. The Morgan fingerprint density at radius 1 is 1.00 bits per heavy atom. The molecule has 0 unspecified atom stereocenters. The number of aromatic nitrogens is 2. The van der Waals surface area contributed by atoms with E-state index in [0.29, 0.717) is 5.02 Å². The molecular formula is C22H14ClF4N3O. The number of benzene rings is 3. The topological polar surface area (TPSA) is 46.9 Å². The van der Waals surface area contributed by atoms with Gasteiger partial charge in [-0.25, -0.2) is 14.1 Å². The maximum absolute atomic E-state index is 14.5. The van der Waals surface area contributed by atoms with Crippen molar-refractivity contribution in [1.29, 1.82) is 0 Å². The van der Waals surface area contributed by atoms with Crippen LogP contribution in [0.25, 0.3) is 22.3 Å². The van der Waals surface area contributed by atoms with Gasteiger partial charge in [0.2, 0.25) is 0 Å². The highest BCUT2D eigenvalue weighted by Gasteiger charge is 2.31. The Morgan fingerprint density at radius 2 is 1.71 bits per heavy atom. The van der Waals surface area contributed by atoms with Crippen LogP contribution in [0.1, 0.15) is 11.1 Å². The molecule has 3 aromatic carbocycles. The zero-order chi connectivity index (χ0) is 22.2. The van der Waals surface area contributed by atoms with Gasteiger partial charge in [-0.15, -0.1) is 0 Å². The summed E-state index contributed by atoms with van der Waals surface area (Å²) in [5.41, 5.74) is 1.87. The third-order valence-corrected chi connectivity index (χ3v) is 4.92. The quantitative estimate of drug-likeness (QED) is 0.413. The molecule has 0 aliphatic carbocycles. The van der Waals surface area contributed by atoms with Gasteiger partial charge in [0.1, 0.15) is 5.82 Å². The van der Waals surface area contributed by atoms with Crippen molar-refractivity contribution in [2.75, 3.05) is 5.43 Å². The first-order chi connectivity index (χ1) is 14.7. The maximum atomic E-state index is 14.5. The standard InChI is InChI=1S/C22H14ClF4N3O/c23-15-8-5-13(6-9-15)12-28-30-20(16-3-1-2-4-18(16)24)29-19-11-14(22(25,26)27)7-10-17(19)21(30)31/h1-11,28H,12H2. The van der Waals surface area contributed by atoms with Crippen LogP contribution in [0.5, 0.6) is 0 Å². The molecule has 0 saturated heterocycles. The lowest BCUT2D eigenvalue weighted by atomic mass is 10.1. The molecule has 31 heavy (non-hydrogen) atoms. The summed E-state index contributed by atoms with van der Waals surface area (Å²) in [7, 11) is 0. The van der Waals surface area contributed by atoms with Gasteiger partial charge in [-0.2, -0.15) is 13.2 Å². The first-order valence-corrected chi connectivity index (χ1v) is 9.49. The monoisotopic (exact) mass is 447 g/mol. The molecule has 1 N–H and O–H groups in total. The van der Waals surface area contributed by atoms with Gasteiger partial charge in [-0.1, -0.05) is 35.9 Å². The number of halogens is 5. The highest BCUT2D eigenvalue weighted by molar-refractivity contribution is 6.30. The second kappa shape index (κ2) is 8.03. The van der Waals surface area contributed by atoms with Crippen molar-refractivity contribution >= 4 is 22.5 Å². The first kappa shape index (κ1) is 20.9. The van der Waals surface area contributed by atoms with Crippen LogP contribution in [0.2, 0.25) is 5.02 Å². The highest BCUT2D eigenvalue weighted by atomic mass is 35.5. The average Bonchev–Trinajstić information content (AvgIpc) is 2.73. The van der Waals surface area contributed by atoms with E-state index >= 15 is 0 Å². The number of nitrogens with one attached hydrogen (secondary N) is 1. The van der Waals surface area contributed by atoms with Crippen LogP contribution in [0.3, 0.4) is 0 Å². The van der Waals surface area contributed by atoms with Gasteiger partial charge in [0, 0.05) is 5.02 Å². The van der Waals surface area contributed by atoms with Crippen LogP contribution in [-0.4, -0.2) is 9.66 Å². The Bertz CT molecular complexity index is 1320. The van der Waals surface area contributed by atoms with E-state index in [-0.39, 0.29) is 28.8 Å². The molecular weight excluding hydrogens is 434 g/mol. The molecule has 0 aliphatic rings. The number of nitrogens with zero attached hydrogens (tertiary/aromatic N) is 2. The van der Waals surface area contributed by atoms with Gasteiger partial charge >= 0.3 is 6.18 Å². The minimum Gasteiger partial charge on any atom is -0.317 e. The SMILES string of the molecule is O=c1c2ccc(C(F)(F)F)cc2nc(-c2ccccc2F)n1NCc1ccc(Cl)cc1. The van der Waals surface area contributed by atoms with Crippen molar-refractivity contribution in [2.24, 2.45) is 0 Å². The first-order valence-electron chi connectivity index (χ1n) is 9.11. The predicted molar refractivity (Wildman–Crippen MR) is 111 cm³/mol. The van der Waals surface area contributed by atoms with E-state index in [2.05, 4.69) is 10.4 Å². The molecule has 4 aromatic rings. The summed E-state index contributed by atoms with van der Waals surface area (Å²) < 4.78 is 54.9. The Labute approximate surface area is 178 Å². The second-order valence-corrected chi connectivity index (χ2v) is 7.18. The molecule has 0 fully saturated rings. The number of fused-ring (bicyclic) bond motifs is 1. The number of rotatable bonds is 4. The van der Waals surface area contributed by atoms with E-state index in [1.807, 2.05) is 0 Å². The number of hydrogen-bond acceptors (Lipinski definition) is 3. The normalized spacial score (nSPS) is 11.6. The molecule has 158 valence electrons. The van der Waals surface area contributed by atoms with E-state index in [4.69, 9.17) is 11.6 Å². The summed E-state index contributed by atoms with van der Waals surface area (Å²) >= 11 is 5.88. The van der Waals surface area contributed by atoms with E-state index in [0.717, 1.165) is 28.4 Å². The molecule has 4 nitrogen and oxygen atoms in total. The lowest BCUT2D eigenvalue weighted by molar-refractivity contribution is -0.137. The third-order valence-electron chi connectivity index (χ3n) is 4.67. The molecule has 0 spiro atoms. The molecule has 4 rings (SSSR count). The Balaban J connectivity index is 1.89. The van der Waals surface area contributed by atoms with Crippen LogP contribution >= 0.6 is 11.6 Å². The van der Waals surface area contributed by atoms with E-state index in [9.17, 15) is 22.4 Å². The predicted octanol–water partition coefficient (Wildman–Crippen LogP) is 5.62. The second-order valence-electron chi connectivity index (χ2n) is 6.75. The summed E-state index contributed by atoms with van der Waals surface area (Å²) in [6, 6.07) is 15.1. The fraction of sp³-hybridized carbons (Fsp3) is 0.0909. The van der Waals surface area contributed by atoms with Crippen LogP contribution in [-0.2, 0) is 12.7 Å². The minimum absolute atomic E-state index is 0.0254. The largest absolute Gasteiger partial charge is 0.416 e. The molecule has 0 atom stereocenters. The van der Waals surface area contributed by atoms with Crippen molar-refractivity contribution < 1.29 is 17.6 Å². The Morgan fingerprint density at radius 3 is 2.39 bits per heavy atom. The van der Waals surface area contributed by atoms with Crippen molar-refractivity contribution in [2.45, 2.75) is 12.7 Å². The van der Waals surface area contributed by atoms with Crippen LogP contribution < -0.4 is 11.0 Å². The van der Waals surface area contributed by atoms with E-state index in [1.54, 1.807) is 30.3 Å². The van der Waals surface area contributed by atoms with E-state index in [1.165, 1.54) is 18.2 Å². The maximum Gasteiger partial charge on any atom is 0.416 e. The van der Waals surface area contributed by atoms with Crippen LogP contribution in [0.15, 0.2) is 71.5 Å². The van der Waals surface area contributed by atoms with Crippen molar-refractivity contribution in [1.82, 2.24) is 9.66 Å². The van der Waals surface area contributed by atoms with Crippen molar-refractivity contribution in [3.8, 4) is 11.4 Å². The van der Waals surface area contributed by atoms with Gasteiger partial charge in [-0.05, 0) is 48.0 Å². The van der Waals surface area contributed by atoms with Gasteiger partial charge in [0.25, 0.3) is 5.56 Å². The molecule has 0 saturated carbocycles. The van der Waals surface area contributed by atoms with Crippen molar-refractivity contribution in [3.05, 3.63) is 99.1 Å². The lowest BCUT2D eigenvalue weighted by Gasteiger charge is -2.17. The Kier molecular flexibility index (Phi) is 5.41. The summed E-state index contributed by atoms with van der Waals surface area (Å²) in [4.78, 5) is 17.3. The molecule has 1 heterocycles. The lowest BCUT2D eigenvalue weighted by Crippen LogP contribution is -2.31. The molecule has 0 bridgehead atoms. The number of alkyl halides is 3. The zero-order valence-corrected chi connectivity index (χ0v) is 16.5. The Hall–Kier alpha value is -3.39. The van der Waals surface area contributed by atoms with Crippen LogP contribution in [0.4, 0.5) is 17.6 Å². The highest BCUT2D eigenvalue weighted by Crippen LogP contribution is 2.31. The van der Waals surface area contributed by atoms with Gasteiger partial charge in [-0.3, -0.25) is 4.79 Å². The molecule has 1 aromatic heterocycles. The third kappa shape index (κ3) is 4.25. The summed E-state index contributed by atoms with van der Waals surface area (Å²) in [6.45, 7) is 0.173. The number of hydrogen-bond donors (Lipinski definition) is 1. The van der Waals surface area contributed by atoms with Gasteiger partial charge < -0.3 is 5.43 Å². The van der Waals surface area contributed by atoms with Crippen molar-refractivity contribution in [3.63, 3.8) is 0 Å². The zero-order valence-electron chi connectivity index (χ0n) is 15.8. The van der Waals surface area contributed by atoms with E-state index < -0.39 is 23.1 Å². The smallest absolute Gasteiger partial charge is 0.317 e. The summed E-state index contributed by atoms with van der Waals surface area (Å²) in [5.74, 6) is -0.799. The molecule has 0 aliphatic heterocycles. The van der Waals surface area contributed by atoms with Crippen LogP contribution in [0, 0.1) is 5.82 Å². The summed E-state index contributed by atoms with van der Waals surface area (Å²) in [5, 5.41) is 0.512. The fourth-order valence-corrected chi connectivity index (χ4v) is 3.23. The molecule has 0 radical (unpaired) electrons. The average molecular weight is 448 g/mol. The van der Waals surface area contributed by atoms with Gasteiger partial charge in [0.05, 0.1) is 28.6 Å².